The van der Waals surface area contributed by atoms with E-state index >= 15 is 0 Å². The van der Waals surface area contributed by atoms with E-state index in [1.165, 1.54) is 0 Å². The van der Waals surface area contributed by atoms with Gasteiger partial charge in [0.25, 0.3) is 5.91 Å². The summed E-state index contributed by atoms with van der Waals surface area (Å²) in [5, 5.41) is 0. The van der Waals surface area contributed by atoms with Crippen molar-refractivity contribution in [3.8, 4) is 0 Å². The number of carbonyl (C=O) groups excluding carboxylic acids is 2. The van der Waals surface area contributed by atoms with E-state index in [4.69, 9.17) is 0 Å². The number of carbonyl (C=O) groups is 2. The minimum Gasteiger partial charge on any atom is -0.338 e. The summed E-state index contributed by atoms with van der Waals surface area (Å²) in [6.45, 7) is 8.52. The average molecular weight is 361 g/mol. The Kier molecular flexibility index (Phi) is 5.42. The minimum absolute atomic E-state index is 0.0873. The first-order chi connectivity index (χ1) is 11.9. The van der Waals surface area contributed by atoms with Crippen molar-refractivity contribution >= 4 is 23.6 Å². The van der Waals surface area contributed by atoms with Gasteiger partial charge in [-0.15, -0.1) is 11.8 Å². The Hall–Kier alpha value is -1.49. The van der Waals surface area contributed by atoms with Gasteiger partial charge in [0.15, 0.2) is 0 Å². The van der Waals surface area contributed by atoms with E-state index in [-0.39, 0.29) is 16.7 Å². The first-order valence-electron chi connectivity index (χ1n) is 9.22. The molecule has 4 nitrogen and oxygen atoms in total. The van der Waals surface area contributed by atoms with E-state index in [0.717, 1.165) is 49.4 Å². The summed E-state index contributed by atoms with van der Waals surface area (Å²) in [6, 6.07) is 7.78. The van der Waals surface area contributed by atoms with Crippen LogP contribution in [-0.2, 0) is 4.79 Å². The van der Waals surface area contributed by atoms with Crippen molar-refractivity contribution < 1.29 is 9.59 Å². The molecule has 0 N–H and O–H groups in total. The van der Waals surface area contributed by atoms with Crippen molar-refractivity contribution in [2.75, 3.05) is 25.4 Å². The van der Waals surface area contributed by atoms with Gasteiger partial charge >= 0.3 is 0 Å². The highest BCUT2D eigenvalue weighted by Crippen LogP contribution is 2.44. The first kappa shape index (κ1) is 18.3. The van der Waals surface area contributed by atoms with Gasteiger partial charge in [0.1, 0.15) is 0 Å². The van der Waals surface area contributed by atoms with Gasteiger partial charge in [-0.2, -0.15) is 0 Å². The smallest absolute Gasteiger partial charge is 0.253 e. The Balaban J connectivity index is 1.65. The third kappa shape index (κ3) is 3.86. The van der Waals surface area contributed by atoms with E-state index in [0.29, 0.717) is 12.3 Å². The fourth-order valence-corrected chi connectivity index (χ4v) is 5.25. The third-order valence-electron chi connectivity index (χ3n) is 5.19. The summed E-state index contributed by atoms with van der Waals surface area (Å²) in [7, 11) is 0. The molecule has 2 saturated heterocycles. The van der Waals surface area contributed by atoms with E-state index in [1.54, 1.807) is 0 Å². The minimum atomic E-state index is -0.0873. The number of amides is 2. The molecule has 2 aliphatic rings. The van der Waals surface area contributed by atoms with Crippen LogP contribution in [0.4, 0.5) is 0 Å². The lowest BCUT2D eigenvalue weighted by Gasteiger charge is -2.44. The maximum atomic E-state index is 12.7. The Labute approximate surface area is 154 Å². The van der Waals surface area contributed by atoms with Gasteiger partial charge in [-0.3, -0.25) is 9.59 Å². The fourth-order valence-electron chi connectivity index (χ4n) is 3.77. The zero-order chi connectivity index (χ0) is 18.0. The molecular formula is C20H28N2O2S. The number of rotatable bonds is 3. The molecule has 136 valence electrons. The number of aryl methyl sites for hydroxylation is 1. The molecule has 2 heterocycles. The van der Waals surface area contributed by atoms with Gasteiger partial charge in [-0.05, 0) is 37.8 Å². The maximum absolute atomic E-state index is 12.7. The molecule has 0 atom stereocenters. The number of hydrogen-bond donors (Lipinski definition) is 0. The van der Waals surface area contributed by atoms with Crippen molar-refractivity contribution in [2.24, 2.45) is 5.92 Å². The largest absolute Gasteiger partial charge is 0.338 e. The van der Waals surface area contributed by atoms with Crippen LogP contribution in [0, 0.1) is 12.8 Å². The molecule has 0 aliphatic carbocycles. The molecule has 2 aliphatic heterocycles. The highest BCUT2D eigenvalue weighted by Gasteiger charge is 2.46. The summed E-state index contributed by atoms with van der Waals surface area (Å²) in [5.41, 5.74) is 1.92. The second kappa shape index (κ2) is 7.40. The van der Waals surface area contributed by atoms with Crippen molar-refractivity contribution in [2.45, 2.75) is 44.9 Å². The molecule has 0 radical (unpaired) electrons. The van der Waals surface area contributed by atoms with E-state index < -0.39 is 0 Å². The molecule has 5 heteroatoms. The van der Waals surface area contributed by atoms with Gasteiger partial charge in [0.05, 0.1) is 4.87 Å². The third-order valence-corrected chi connectivity index (χ3v) is 6.74. The number of likely N-dealkylation sites (tertiary alicyclic amines) is 1. The zero-order valence-electron chi connectivity index (χ0n) is 15.5. The molecule has 0 aromatic heterocycles. The summed E-state index contributed by atoms with van der Waals surface area (Å²) in [6.07, 6.45) is 2.37. The normalized spacial score (nSPS) is 19.7. The van der Waals surface area contributed by atoms with Gasteiger partial charge in [-0.1, -0.05) is 31.5 Å². The SMILES string of the molecule is Cc1ccc(C(=O)N2CCC3(CC2)SCCN3C(=O)CC(C)C)cc1. The van der Waals surface area contributed by atoms with Crippen LogP contribution in [0.3, 0.4) is 0 Å². The van der Waals surface area contributed by atoms with Crippen LogP contribution in [0.25, 0.3) is 0 Å². The topological polar surface area (TPSA) is 40.6 Å². The van der Waals surface area contributed by atoms with E-state index in [1.807, 2.05) is 47.9 Å². The van der Waals surface area contributed by atoms with Gasteiger partial charge in [0.2, 0.25) is 5.91 Å². The molecule has 0 bridgehead atoms. The Morgan fingerprint density at radius 2 is 1.76 bits per heavy atom. The number of thioether (sulfide) groups is 1. The van der Waals surface area contributed by atoms with Gasteiger partial charge < -0.3 is 9.80 Å². The molecule has 0 saturated carbocycles. The van der Waals surface area contributed by atoms with Gasteiger partial charge in [-0.25, -0.2) is 0 Å². The number of hydrogen-bond acceptors (Lipinski definition) is 3. The summed E-state index contributed by atoms with van der Waals surface area (Å²) < 4.78 is 0. The van der Waals surface area contributed by atoms with Crippen molar-refractivity contribution in [3.05, 3.63) is 35.4 Å². The van der Waals surface area contributed by atoms with Crippen LogP contribution in [0.5, 0.6) is 0 Å². The second-order valence-electron chi connectivity index (χ2n) is 7.60. The van der Waals surface area contributed by atoms with Crippen molar-refractivity contribution in [1.29, 1.82) is 0 Å². The molecule has 1 spiro atoms. The first-order valence-corrected chi connectivity index (χ1v) is 10.2. The standard InChI is InChI=1S/C20H28N2O2S/c1-15(2)14-18(23)22-12-13-25-20(22)8-10-21(11-9-20)19(24)17-6-4-16(3)5-7-17/h4-7,15H,8-14H2,1-3H3. The van der Waals surface area contributed by atoms with Crippen LogP contribution >= 0.6 is 11.8 Å². The quantitative estimate of drug-likeness (QED) is 0.828. The van der Waals surface area contributed by atoms with Crippen LogP contribution < -0.4 is 0 Å². The maximum Gasteiger partial charge on any atom is 0.253 e. The molecule has 1 aromatic rings. The molecule has 1 aromatic carbocycles. The van der Waals surface area contributed by atoms with Crippen molar-refractivity contribution in [1.82, 2.24) is 9.80 Å². The fraction of sp³-hybridized carbons (Fsp3) is 0.600. The van der Waals surface area contributed by atoms with Crippen molar-refractivity contribution in [3.63, 3.8) is 0 Å². The predicted octanol–water partition coefficient (Wildman–Crippen LogP) is 3.55. The molecule has 0 unspecified atom stereocenters. The van der Waals surface area contributed by atoms with Crippen LogP contribution in [0.15, 0.2) is 24.3 Å². The Bertz CT molecular complexity index is 634. The lowest BCUT2D eigenvalue weighted by Crippen LogP contribution is -2.53. The van der Waals surface area contributed by atoms with E-state index in [9.17, 15) is 9.59 Å². The number of benzene rings is 1. The van der Waals surface area contributed by atoms with Crippen LogP contribution in [-0.4, -0.2) is 51.9 Å². The molecular weight excluding hydrogens is 332 g/mol. The van der Waals surface area contributed by atoms with E-state index in [2.05, 4.69) is 18.7 Å². The van der Waals surface area contributed by atoms with Gasteiger partial charge in [0, 0.05) is 37.4 Å². The summed E-state index contributed by atoms with van der Waals surface area (Å²) in [5.74, 6) is 1.78. The number of nitrogens with zero attached hydrogens (tertiary/aromatic N) is 2. The molecule has 25 heavy (non-hydrogen) atoms. The summed E-state index contributed by atoms with van der Waals surface area (Å²) in [4.78, 5) is 29.3. The number of piperidine rings is 1. The Morgan fingerprint density at radius 3 is 2.36 bits per heavy atom. The second-order valence-corrected chi connectivity index (χ2v) is 9.05. The zero-order valence-corrected chi connectivity index (χ0v) is 16.3. The molecule has 2 amide bonds. The average Bonchev–Trinajstić information content (AvgIpc) is 2.98. The summed E-state index contributed by atoms with van der Waals surface area (Å²) >= 11 is 1.91. The monoisotopic (exact) mass is 360 g/mol. The molecule has 3 rings (SSSR count). The predicted molar refractivity (Wildman–Crippen MR) is 103 cm³/mol. The Morgan fingerprint density at radius 1 is 1.12 bits per heavy atom. The lowest BCUT2D eigenvalue weighted by molar-refractivity contribution is -0.135. The van der Waals surface area contributed by atoms with Crippen LogP contribution in [0.1, 0.15) is 49.0 Å². The van der Waals surface area contributed by atoms with Crippen LogP contribution in [0.2, 0.25) is 0 Å². The highest BCUT2D eigenvalue weighted by molar-refractivity contribution is 8.00. The molecule has 2 fully saturated rings. The highest BCUT2D eigenvalue weighted by atomic mass is 32.2. The lowest BCUT2D eigenvalue weighted by atomic mass is 9.99.